The van der Waals surface area contributed by atoms with Gasteiger partial charge in [-0.05, 0) is 24.6 Å². The van der Waals surface area contributed by atoms with Gasteiger partial charge in [0.1, 0.15) is 0 Å². The molecule has 21 heavy (non-hydrogen) atoms. The minimum absolute atomic E-state index is 0. The van der Waals surface area contributed by atoms with E-state index in [1.54, 1.807) is 12.1 Å². The first-order chi connectivity index (χ1) is 9.63. The minimum Gasteiger partial charge on any atom is -0.370 e. The van der Waals surface area contributed by atoms with E-state index in [0.717, 1.165) is 23.9 Å². The molecular formula is C14H22Br2N4O. The normalized spacial score (nSPS) is 10.7. The zero-order chi connectivity index (χ0) is 14.8. The van der Waals surface area contributed by atoms with E-state index in [0.29, 0.717) is 24.6 Å². The fourth-order valence-electron chi connectivity index (χ4n) is 1.51. The summed E-state index contributed by atoms with van der Waals surface area (Å²) in [5, 5.41) is 5.78. The number of carbonyl (C=O) groups excluding carboxylic acids is 1. The number of nitrogens with one attached hydrogen (secondary N) is 2. The fourth-order valence-corrected chi connectivity index (χ4v) is 1.91. The molecule has 1 aromatic carbocycles. The average molecular weight is 422 g/mol. The van der Waals surface area contributed by atoms with Gasteiger partial charge in [-0.3, -0.25) is 9.79 Å². The Bertz CT molecular complexity index is 466. The van der Waals surface area contributed by atoms with E-state index in [1.807, 2.05) is 12.1 Å². The van der Waals surface area contributed by atoms with Gasteiger partial charge in [0, 0.05) is 29.7 Å². The summed E-state index contributed by atoms with van der Waals surface area (Å²) >= 11 is 3.34. The number of nitrogens with two attached hydrogens (primary N) is 1. The second-order valence-electron chi connectivity index (χ2n) is 4.31. The SMILES string of the molecule is Br.CCCCN=C(N)NCCNC(=O)c1cccc(Br)c1. The molecule has 0 radical (unpaired) electrons. The number of hydrogen-bond acceptors (Lipinski definition) is 2. The van der Waals surface area contributed by atoms with Gasteiger partial charge in [0.2, 0.25) is 0 Å². The number of aliphatic imine (C=N–C) groups is 1. The second-order valence-corrected chi connectivity index (χ2v) is 5.23. The number of hydrogen-bond donors (Lipinski definition) is 3. The Kier molecular flexibility index (Phi) is 11.0. The van der Waals surface area contributed by atoms with Crippen LogP contribution < -0.4 is 16.4 Å². The van der Waals surface area contributed by atoms with E-state index >= 15 is 0 Å². The van der Waals surface area contributed by atoms with Crippen LogP contribution in [0.3, 0.4) is 0 Å². The molecule has 0 aliphatic rings. The number of rotatable bonds is 7. The summed E-state index contributed by atoms with van der Waals surface area (Å²) in [5.41, 5.74) is 6.31. The van der Waals surface area contributed by atoms with Crippen LogP contribution in [-0.2, 0) is 0 Å². The van der Waals surface area contributed by atoms with E-state index in [2.05, 4.69) is 38.5 Å². The zero-order valence-electron chi connectivity index (χ0n) is 12.1. The van der Waals surface area contributed by atoms with Gasteiger partial charge in [-0.15, -0.1) is 17.0 Å². The number of nitrogens with zero attached hydrogens (tertiary/aromatic N) is 1. The summed E-state index contributed by atoms with van der Waals surface area (Å²) in [6, 6.07) is 7.26. The minimum atomic E-state index is -0.102. The molecule has 7 heteroatoms. The third-order valence-corrected chi connectivity index (χ3v) is 3.09. The predicted molar refractivity (Wildman–Crippen MR) is 96.2 cm³/mol. The maximum absolute atomic E-state index is 11.8. The first kappa shape index (κ1) is 19.9. The van der Waals surface area contributed by atoms with Gasteiger partial charge in [-0.2, -0.15) is 0 Å². The monoisotopic (exact) mass is 420 g/mol. The van der Waals surface area contributed by atoms with Crippen molar-refractivity contribution in [2.45, 2.75) is 19.8 Å². The third-order valence-electron chi connectivity index (χ3n) is 2.60. The summed E-state index contributed by atoms with van der Waals surface area (Å²) in [5.74, 6) is 0.324. The molecule has 0 aromatic heterocycles. The van der Waals surface area contributed by atoms with Gasteiger partial charge in [-0.1, -0.05) is 35.3 Å². The van der Waals surface area contributed by atoms with Gasteiger partial charge in [0.15, 0.2) is 5.96 Å². The van der Waals surface area contributed by atoms with Crippen LogP contribution in [0.15, 0.2) is 33.7 Å². The van der Waals surface area contributed by atoms with Crippen molar-refractivity contribution in [3.8, 4) is 0 Å². The van der Waals surface area contributed by atoms with Crippen LogP contribution in [0.4, 0.5) is 0 Å². The molecule has 0 saturated carbocycles. The van der Waals surface area contributed by atoms with Crippen molar-refractivity contribution in [3.63, 3.8) is 0 Å². The highest BCUT2D eigenvalue weighted by atomic mass is 79.9. The van der Waals surface area contributed by atoms with E-state index in [4.69, 9.17) is 5.73 Å². The Balaban J connectivity index is 0.00000400. The molecule has 0 unspecified atom stereocenters. The first-order valence-corrected chi connectivity index (χ1v) is 7.50. The lowest BCUT2D eigenvalue weighted by Crippen LogP contribution is -2.38. The summed E-state index contributed by atoms with van der Waals surface area (Å²) in [6.07, 6.45) is 2.13. The highest BCUT2D eigenvalue weighted by Crippen LogP contribution is 2.11. The molecule has 0 fully saturated rings. The van der Waals surface area contributed by atoms with Crippen molar-refractivity contribution < 1.29 is 4.79 Å². The van der Waals surface area contributed by atoms with Crippen LogP contribution >= 0.6 is 32.9 Å². The first-order valence-electron chi connectivity index (χ1n) is 6.71. The van der Waals surface area contributed by atoms with Crippen LogP contribution in [0.1, 0.15) is 30.1 Å². The second kappa shape index (κ2) is 11.6. The molecule has 0 spiro atoms. The van der Waals surface area contributed by atoms with Crippen LogP contribution in [0.5, 0.6) is 0 Å². The summed E-state index contributed by atoms with van der Waals surface area (Å²) in [7, 11) is 0. The molecule has 1 rings (SSSR count). The van der Waals surface area contributed by atoms with Crippen LogP contribution in [0.2, 0.25) is 0 Å². The van der Waals surface area contributed by atoms with Gasteiger partial charge in [0.25, 0.3) is 5.91 Å². The lowest BCUT2D eigenvalue weighted by molar-refractivity contribution is 0.0954. The van der Waals surface area contributed by atoms with Crippen molar-refractivity contribution in [2.75, 3.05) is 19.6 Å². The summed E-state index contributed by atoms with van der Waals surface area (Å²) in [6.45, 7) is 3.90. The molecule has 0 saturated heterocycles. The molecule has 1 amide bonds. The lowest BCUT2D eigenvalue weighted by atomic mass is 10.2. The number of carbonyl (C=O) groups is 1. The van der Waals surface area contributed by atoms with Gasteiger partial charge >= 0.3 is 0 Å². The van der Waals surface area contributed by atoms with Crippen molar-refractivity contribution in [1.29, 1.82) is 0 Å². The predicted octanol–water partition coefficient (Wildman–Crippen LogP) is 2.46. The molecule has 0 aliphatic carbocycles. The lowest BCUT2D eigenvalue weighted by Gasteiger charge is -2.07. The highest BCUT2D eigenvalue weighted by Gasteiger charge is 2.04. The fraction of sp³-hybridized carbons (Fsp3) is 0.429. The number of guanidine groups is 1. The van der Waals surface area contributed by atoms with Crippen LogP contribution in [0.25, 0.3) is 0 Å². The quantitative estimate of drug-likeness (QED) is 0.359. The summed E-state index contributed by atoms with van der Waals surface area (Å²) < 4.78 is 0.885. The van der Waals surface area contributed by atoms with Crippen molar-refractivity contribution >= 4 is 44.8 Å². The highest BCUT2D eigenvalue weighted by molar-refractivity contribution is 9.10. The van der Waals surface area contributed by atoms with Gasteiger partial charge in [-0.25, -0.2) is 0 Å². The Hall–Kier alpha value is -1.08. The zero-order valence-corrected chi connectivity index (χ0v) is 15.4. The van der Waals surface area contributed by atoms with Crippen molar-refractivity contribution in [2.24, 2.45) is 10.7 Å². The smallest absolute Gasteiger partial charge is 0.251 e. The van der Waals surface area contributed by atoms with Crippen molar-refractivity contribution in [1.82, 2.24) is 10.6 Å². The number of benzene rings is 1. The van der Waals surface area contributed by atoms with Crippen LogP contribution in [0, 0.1) is 0 Å². The summed E-state index contributed by atoms with van der Waals surface area (Å²) in [4.78, 5) is 16.0. The topological polar surface area (TPSA) is 79.5 Å². The Labute approximate surface area is 144 Å². The molecule has 118 valence electrons. The molecular weight excluding hydrogens is 400 g/mol. The average Bonchev–Trinajstić information content (AvgIpc) is 2.43. The van der Waals surface area contributed by atoms with Gasteiger partial charge < -0.3 is 16.4 Å². The number of unbranched alkanes of at least 4 members (excludes halogenated alkanes) is 1. The standard InChI is InChI=1S/C14H21BrN4O.BrH/c1-2-3-7-18-14(16)19-9-8-17-13(20)11-5-4-6-12(15)10-11;/h4-6,10H,2-3,7-9H2,1H3,(H,17,20)(H3,16,18,19);1H. The van der Waals surface area contributed by atoms with E-state index in [9.17, 15) is 4.79 Å². The van der Waals surface area contributed by atoms with Gasteiger partial charge in [0.05, 0.1) is 0 Å². The van der Waals surface area contributed by atoms with E-state index < -0.39 is 0 Å². The van der Waals surface area contributed by atoms with Crippen LogP contribution in [-0.4, -0.2) is 31.5 Å². The van der Waals surface area contributed by atoms with Crippen molar-refractivity contribution in [3.05, 3.63) is 34.3 Å². The molecule has 0 bridgehead atoms. The number of amides is 1. The Morgan fingerprint density at radius 2 is 2.05 bits per heavy atom. The molecule has 0 atom stereocenters. The third kappa shape index (κ3) is 8.72. The molecule has 0 heterocycles. The maximum Gasteiger partial charge on any atom is 0.251 e. The Morgan fingerprint density at radius 1 is 1.33 bits per heavy atom. The molecule has 0 aliphatic heterocycles. The van der Waals surface area contributed by atoms with E-state index in [-0.39, 0.29) is 22.9 Å². The Morgan fingerprint density at radius 3 is 2.71 bits per heavy atom. The van der Waals surface area contributed by atoms with E-state index in [1.165, 1.54) is 0 Å². The molecule has 4 N–H and O–H groups in total. The molecule has 5 nitrogen and oxygen atoms in total. The maximum atomic E-state index is 11.8. The molecule has 1 aromatic rings. The number of halogens is 2. The largest absolute Gasteiger partial charge is 0.370 e.